The summed E-state index contributed by atoms with van der Waals surface area (Å²) >= 11 is 1.47. The van der Waals surface area contributed by atoms with Crippen molar-refractivity contribution in [2.75, 3.05) is 24.6 Å². The van der Waals surface area contributed by atoms with Crippen LogP contribution in [0.5, 0.6) is 0 Å². The molecule has 0 aliphatic carbocycles. The second kappa shape index (κ2) is 12.6. The number of anilines is 1. The number of benzene rings is 3. The van der Waals surface area contributed by atoms with Crippen LogP contribution in [0.4, 0.5) is 10.5 Å². The van der Waals surface area contributed by atoms with Crippen LogP contribution in [0.3, 0.4) is 0 Å². The van der Waals surface area contributed by atoms with E-state index in [1.165, 1.54) is 17.3 Å². The summed E-state index contributed by atoms with van der Waals surface area (Å²) in [6.45, 7) is 7.91. The molecule has 1 fully saturated rings. The maximum absolute atomic E-state index is 13.7. The standard InChI is InChI=1S/C33H35N3O4S/c1-4-40-33(39)35-17-15-27(16-18-35)34-31(37)25-13-11-24(12-14-25)20-30-32(38)36(28-7-5-6-8-29(28)41-30)21-26-19-22(2)9-10-23(26)3/h5-14,19-20,27H,4,15-18,21H2,1-3H3,(H,34,37). The monoisotopic (exact) mass is 569 g/mol. The van der Waals surface area contributed by atoms with Crippen LogP contribution in [0, 0.1) is 13.8 Å². The summed E-state index contributed by atoms with van der Waals surface area (Å²) in [5.74, 6) is -0.180. The lowest BCUT2D eigenvalue weighted by atomic mass is 10.0. The number of carbonyl (C=O) groups is 3. The van der Waals surface area contributed by atoms with Gasteiger partial charge < -0.3 is 19.9 Å². The molecule has 0 aromatic heterocycles. The summed E-state index contributed by atoms with van der Waals surface area (Å²) in [5.41, 5.74) is 5.78. The van der Waals surface area contributed by atoms with Crippen LogP contribution >= 0.6 is 11.8 Å². The number of piperidine rings is 1. The highest BCUT2D eigenvalue weighted by Crippen LogP contribution is 2.42. The van der Waals surface area contributed by atoms with Crippen LogP contribution in [-0.2, 0) is 16.1 Å². The Morgan fingerprint density at radius 3 is 2.49 bits per heavy atom. The van der Waals surface area contributed by atoms with Gasteiger partial charge in [-0.1, -0.05) is 59.8 Å². The van der Waals surface area contributed by atoms with Crippen LogP contribution in [0.15, 0.2) is 76.5 Å². The average Bonchev–Trinajstić information content (AvgIpc) is 2.98. The Labute approximate surface area is 245 Å². The molecule has 0 radical (unpaired) electrons. The van der Waals surface area contributed by atoms with Crippen LogP contribution in [0.1, 0.15) is 52.4 Å². The van der Waals surface area contributed by atoms with Crippen molar-refractivity contribution in [1.29, 1.82) is 0 Å². The van der Waals surface area contributed by atoms with Crippen molar-refractivity contribution in [3.8, 4) is 0 Å². The molecule has 0 saturated carbocycles. The molecule has 8 heteroatoms. The second-order valence-electron chi connectivity index (χ2n) is 10.5. The highest BCUT2D eigenvalue weighted by atomic mass is 32.2. The van der Waals surface area contributed by atoms with E-state index >= 15 is 0 Å². The quantitative estimate of drug-likeness (QED) is 0.351. The largest absolute Gasteiger partial charge is 0.450 e. The minimum absolute atomic E-state index is 0.00863. The molecule has 5 rings (SSSR count). The number of carbonyl (C=O) groups excluding carboxylic acids is 3. The van der Waals surface area contributed by atoms with E-state index in [1.807, 2.05) is 47.4 Å². The first-order valence-electron chi connectivity index (χ1n) is 14.0. The van der Waals surface area contributed by atoms with Gasteiger partial charge in [0, 0.05) is 29.6 Å². The fourth-order valence-electron chi connectivity index (χ4n) is 5.13. The first kappa shape index (κ1) is 28.5. The SMILES string of the molecule is CCOC(=O)N1CCC(NC(=O)c2ccc(C=C3Sc4ccccc4N(Cc4cc(C)ccc4C)C3=O)cc2)CC1. The molecule has 0 spiro atoms. The molecule has 41 heavy (non-hydrogen) atoms. The zero-order chi connectivity index (χ0) is 28.9. The Morgan fingerprint density at radius 2 is 1.76 bits per heavy atom. The van der Waals surface area contributed by atoms with Gasteiger partial charge in [-0.2, -0.15) is 0 Å². The van der Waals surface area contributed by atoms with Crippen LogP contribution < -0.4 is 10.2 Å². The van der Waals surface area contributed by atoms with E-state index < -0.39 is 0 Å². The third-order valence-corrected chi connectivity index (χ3v) is 8.57. The fourth-order valence-corrected chi connectivity index (χ4v) is 6.19. The normalized spacial score (nSPS) is 16.5. The number of nitrogens with zero attached hydrogens (tertiary/aromatic N) is 2. The van der Waals surface area contributed by atoms with Gasteiger partial charge in [0.05, 0.1) is 23.7 Å². The van der Waals surface area contributed by atoms with Gasteiger partial charge in [-0.05, 0) is 80.6 Å². The molecule has 3 aromatic carbocycles. The van der Waals surface area contributed by atoms with Gasteiger partial charge in [0.15, 0.2) is 0 Å². The topological polar surface area (TPSA) is 79.0 Å². The zero-order valence-corrected chi connectivity index (χ0v) is 24.5. The molecular formula is C33H35N3O4S. The van der Waals surface area contributed by atoms with E-state index in [0.717, 1.165) is 27.3 Å². The molecule has 2 aliphatic rings. The predicted octanol–water partition coefficient (Wildman–Crippen LogP) is 6.33. The molecule has 212 valence electrons. The molecule has 2 heterocycles. The molecule has 0 atom stereocenters. The van der Waals surface area contributed by atoms with Gasteiger partial charge in [-0.25, -0.2) is 4.79 Å². The van der Waals surface area contributed by atoms with E-state index in [0.29, 0.717) is 49.6 Å². The fraction of sp³-hybridized carbons (Fsp3) is 0.303. The lowest BCUT2D eigenvalue weighted by molar-refractivity contribution is -0.114. The molecule has 7 nitrogen and oxygen atoms in total. The number of rotatable bonds is 6. The molecule has 3 aromatic rings. The van der Waals surface area contributed by atoms with Gasteiger partial charge in [0.1, 0.15) is 0 Å². The molecule has 1 saturated heterocycles. The van der Waals surface area contributed by atoms with Gasteiger partial charge in [-0.15, -0.1) is 0 Å². The lowest BCUT2D eigenvalue weighted by Crippen LogP contribution is -2.46. The van der Waals surface area contributed by atoms with E-state index in [1.54, 1.807) is 24.0 Å². The van der Waals surface area contributed by atoms with Crippen LogP contribution in [0.25, 0.3) is 6.08 Å². The number of thioether (sulfide) groups is 1. The smallest absolute Gasteiger partial charge is 0.409 e. The van der Waals surface area contributed by atoms with Gasteiger partial charge in [0.25, 0.3) is 11.8 Å². The predicted molar refractivity (Wildman–Crippen MR) is 163 cm³/mol. The Morgan fingerprint density at radius 1 is 1.02 bits per heavy atom. The highest BCUT2D eigenvalue weighted by Gasteiger charge is 2.29. The highest BCUT2D eigenvalue weighted by molar-refractivity contribution is 8.04. The number of likely N-dealkylation sites (tertiary alicyclic amines) is 1. The molecule has 0 unspecified atom stereocenters. The maximum Gasteiger partial charge on any atom is 0.409 e. The number of amides is 3. The number of fused-ring (bicyclic) bond motifs is 1. The van der Waals surface area contributed by atoms with Crippen molar-refractivity contribution < 1.29 is 19.1 Å². The van der Waals surface area contributed by atoms with E-state index in [2.05, 4.69) is 37.4 Å². The number of aryl methyl sites for hydroxylation is 2. The molecule has 2 aliphatic heterocycles. The van der Waals surface area contributed by atoms with Crippen molar-refractivity contribution in [2.45, 2.75) is 51.1 Å². The Bertz CT molecular complexity index is 1480. The number of hydrogen-bond acceptors (Lipinski definition) is 5. The summed E-state index contributed by atoms with van der Waals surface area (Å²) in [6, 6.07) is 21.6. The van der Waals surface area contributed by atoms with Crippen molar-refractivity contribution in [3.05, 3.63) is 99.5 Å². The Hall–Kier alpha value is -4.04. The van der Waals surface area contributed by atoms with Gasteiger partial charge in [0.2, 0.25) is 0 Å². The first-order valence-corrected chi connectivity index (χ1v) is 14.8. The minimum Gasteiger partial charge on any atom is -0.450 e. The molecule has 0 bridgehead atoms. The van der Waals surface area contributed by atoms with E-state index in [-0.39, 0.29) is 23.9 Å². The van der Waals surface area contributed by atoms with Gasteiger partial charge >= 0.3 is 6.09 Å². The number of hydrogen-bond donors (Lipinski definition) is 1. The van der Waals surface area contributed by atoms with Crippen molar-refractivity contribution in [3.63, 3.8) is 0 Å². The minimum atomic E-state index is -0.298. The van der Waals surface area contributed by atoms with Crippen molar-refractivity contribution in [2.24, 2.45) is 0 Å². The third-order valence-electron chi connectivity index (χ3n) is 7.49. The summed E-state index contributed by atoms with van der Waals surface area (Å²) in [6.07, 6.45) is 2.97. The maximum atomic E-state index is 13.7. The number of nitrogens with one attached hydrogen (secondary N) is 1. The first-order chi connectivity index (χ1) is 19.8. The average molecular weight is 570 g/mol. The van der Waals surface area contributed by atoms with E-state index in [4.69, 9.17) is 4.74 Å². The molecular weight excluding hydrogens is 534 g/mol. The summed E-state index contributed by atoms with van der Waals surface area (Å²) in [4.78, 5) is 43.8. The van der Waals surface area contributed by atoms with Crippen LogP contribution in [0.2, 0.25) is 0 Å². The summed E-state index contributed by atoms with van der Waals surface area (Å²) in [5, 5.41) is 3.08. The second-order valence-corrected chi connectivity index (χ2v) is 11.5. The van der Waals surface area contributed by atoms with Crippen molar-refractivity contribution >= 4 is 41.4 Å². The third kappa shape index (κ3) is 6.65. The summed E-state index contributed by atoms with van der Waals surface area (Å²) in [7, 11) is 0. The van der Waals surface area contributed by atoms with Crippen molar-refractivity contribution in [1.82, 2.24) is 10.2 Å². The number of para-hydroxylation sites is 1. The Kier molecular flexibility index (Phi) is 8.78. The summed E-state index contributed by atoms with van der Waals surface area (Å²) < 4.78 is 5.07. The Balaban J connectivity index is 1.27. The van der Waals surface area contributed by atoms with Gasteiger partial charge in [-0.3, -0.25) is 9.59 Å². The lowest BCUT2D eigenvalue weighted by Gasteiger charge is -2.31. The molecule has 3 amide bonds. The van der Waals surface area contributed by atoms with Crippen LogP contribution in [-0.4, -0.2) is 48.5 Å². The zero-order valence-electron chi connectivity index (χ0n) is 23.7. The molecule has 1 N–H and O–H groups in total. The van der Waals surface area contributed by atoms with E-state index in [9.17, 15) is 14.4 Å². The number of ether oxygens (including phenoxy) is 1.